The molecule has 0 aromatic rings. The Morgan fingerprint density at radius 2 is 1.44 bits per heavy atom. The van der Waals surface area contributed by atoms with Gasteiger partial charge in [0.1, 0.15) is 0 Å². The summed E-state index contributed by atoms with van der Waals surface area (Å²) in [6.07, 6.45) is 8.55. The largest absolute Gasteiger partial charge is 0.306 e. The van der Waals surface area contributed by atoms with Crippen molar-refractivity contribution in [2.45, 2.75) is 65.3 Å². The molecule has 108 valence electrons. The predicted molar refractivity (Wildman–Crippen MR) is 81.1 cm³/mol. The summed E-state index contributed by atoms with van der Waals surface area (Å²) in [6.45, 7) is 11.7. The standard InChI is InChI=1S/C14H28N2.C2H6/c1-3-4-13-5-11-16(12-6-13)14-7-9-15(2)10-8-14;1-2/h13-14H,3-12H2,1-2H3;1-2H3. The van der Waals surface area contributed by atoms with Crippen LogP contribution in [0.5, 0.6) is 0 Å². The maximum absolute atomic E-state index is 2.78. The second-order valence-electron chi connectivity index (χ2n) is 5.80. The maximum Gasteiger partial charge on any atom is 0.0120 e. The van der Waals surface area contributed by atoms with Crippen LogP contribution in [-0.2, 0) is 0 Å². The Bertz CT molecular complexity index is 189. The van der Waals surface area contributed by atoms with Gasteiger partial charge in [-0.2, -0.15) is 0 Å². The second kappa shape index (κ2) is 8.92. The summed E-state index contributed by atoms with van der Waals surface area (Å²) >= 11 is 0. The van der Waals surface area contributed by atoms with Crippen LogP contribution < -0.4 is 0 Å². The first-order valence-corrected chi connectivity index (χ1v) is 8.22. The molecule has 0 amide bonds. The minimum absolute atomic E-state index is 0.902. The van der Waals surface area contributed by atoms with Crippen molar-refractivity contribution in [3.05, 3.63) is 0 Å². The van der Waals surface area contributed by atoms with Crippen LogP contribution in [0.4, 0.5) is 0 Å². The number of hydrogen-bond donors (Lipinski definition) is 0. The lowest BCUT2D eigenvalue weighted by Gasteiger charge is -2.41. The highest BCUT2D eigenvalue weighted by molar-refractivity contribution is 4.82. The first-order chi connectivity index (χ1) is 8.79. The van der Waals surface area contributed by atoms with Gasteiger partial charge in [-0.05, 0) is 64.8 Å². The first-order valence-electron chi connectivity index (χ1n) is 8.22. The summed E-state index contributed by atoms with van der Waals surface area (Å²) in [5.41, 5.74) is 0. The lowest BCUT2D eigenvalue weighted by atomic mass is 9.90. The normalized spacial score (nSPS) is 24.7. The zero-order valence-electron chi connectivity index (χ0n) is 13.1. The van der Waals surface area contributed by atoms with Crippen molar-refractivity contribution in [3.8, 4) is 0 Å². The van der Waals surface area contributed by atoms with Crippen LogP contribution >= 0.6 is 0 Å². The maximum atomic E-state index is 2.78. The van der Waals surface area contributed by atoms with E-state index >= 15 is 0 Å². The molecule has 0 atom stereocenters. The fraction of sp³-hybridized carbons (Fsp3) is 1.00. The predicted octanol–water partition coefficient (Wildman–Crippen LogP) is 3.62. The Hall–Kier alpha value is -0.0800. The van der Waals surface area contributed by atoms with Crippen LogP contribution in [-0.4, -0.2) is 49.1 Å². The third-order valence-electron chi connectivity index (χ3n) is 4.55. The molecule has 0 radical (unpaired) electrons. The molecule has 2 heterocycles. The van der Waals surface area contributed by atoms with Crippen molar-refractivity contribution < 1.29 is 0 Å². The molecule has 0 aromatic heterocycles. The van der Waals surface area contributed by atoms with E-state index in [9.17, 15) is 0 Å². The van der Waals surface area contributed by atoms with E-state index in [1.54, 1.807) is 0 Å². The Kier molecular flexibility index (Phi) is 7.92. The van der Waals surface area contributed by atoms with Crippen LogP contribution in [0.2, 0.25) is 0 Å². The highest BCUT2D eigenvalue weighted by atomic mass is 15.2. The summed E-state index contributed by atoms with van der Waals surface area (Å²) in [5, 5.41) is 0. The summed E-state index contributed by atoms with van der Waals surface area (Å²) in [6, 6.07) is 0.902. The zero-order valence-corrected chi connectivity index (χ0v) is 13.1. The molecule has 0 aromatic carbocycles. The van der Waals surface area contributed by atoms with Crippen molar-refractivity contribution in [2.75, 3.05) is 33.2 Å². The van der Waals surface area contributed by atoms with E-state index in [4.69, 9.17) is 0 Å². The number of piperidine rings is 2. The van der Waals surface area contributed by atoms with Gasteiger partial charge < -0.3 is 9.80 Å². The Labute approximate surface area is 115 Å². The molecule has 0 unspecified atom stereocenters. The van der Waals surface area contributed by atoms with Crippen LogP contribution in [0, 0.1) is 5.92 Å². The van der Waals surface area contributed by atoms with E-state index in [0.717, 1.165) is 12.0 Å². The molecule has 2 rings (SSSR count). The summed E-state index contributed by atoms with van der Waals surface area (Å²) in [5.74, 6) is 1.03. The average molecular weight is 254 g/mol. The summed E-state index contributed by atoms with van der Waals surface area (Å²) < 4.78 is 0. The van der Waals surface area contributed by atoms with Crippen molar-refractivity contribution in [3.63, 3.8) is 0 Å². The molecule has 2 fully saturated rings. The molecular weight excluding hydrogens is 220 g/mol. The molecule has 2 aliphatic rings. The molecule has 0 saturated carbocycles. The van der Waals surface area contributed by atoms with Gasteiger partial charge in [0.2, 0.25) is 0 Å². The molecule has 2 aliphatic heterocycles. The molecule has 0 aliphatic carbocycles. The Morgan fingerprint density at radius 1 is 0.889 bits per heavy atom. The molecule has 2 heteroatoms. The van der Waals surface area contributed by atoms with E-state index in [1.165, 1.54) is 64.7 Å². The summed E-state index contributed by atoms with van der Waals surface area (Å²) in [4.78, 5) is 5.25. The number of likely N-dealkylation sites (tertiary alicyclic amines) is 2. The monoisotopic (exact) mass is 254 g/mol. The van der Waals surface area contributed by atoms with Crippen molar-refractivity contribution in [2.24, 2.45) is 5.92 Å². The van der Waals surface area contributed by atoms with E-state index in [1.807, 2.05) is 13.8 Å². The van der Waals surface area contributed by atoms with Gasteiger partial charge in [0.05, 0.1) is 0 Å². The number of nitrogens with zero attached hydrogens (tertiary/aromatic N) is 2. The van der Waals surface area contributed by atoms with Crippen LogP contribution in [0.3, 0.4) is 0 Å². The molecule has 0 bridgehead atoms. The quantitative estimate of drug-likeness (QED) is 0.759. The van der Waals surface area contributed by atoms with Gasteiger partial charge in [-0.3, -0.25) is 0 Å². The molecular formula is C16H34N2. The highest BCUT2D eigenvalue weighted by Crippen LogP contribution is 2.25. The second-order valence-corrected chi connectivity index (χ2v) is 5.80. The lowest BCUT2D eigenvalue weighted by molar-refractivity contribution is 0.0837. The Morgan fingerprint density at radius 3 is 1.94 bits per heavy atom. The molecule has 0 N–H and O–H groups in total. The molecule has 0 spiro atoms. The SMILES string of the molecule is CC.CCCC1CCN(C2CCN(C)CC2)CC1. The zero-order chi connectivity index (χ0) is 13.4. The van der Waals surface area contributed by atoms with Crippen molar-refractivity contribution >= 4 is 0 Å². The third-order valence-corrected chi connectivity index (χ3v) is 4.55. The summed E-state index contributed by atoms with van der Waals surface area (Å²) in [7, 11) is 2.25. The molecule has 2 saturated heterocycles. The fourth-order valence-corrected chi connectivity index (χ4v) is 3.38. The van der Waals surface area contributed by atoms with Crippen LogP contribution in [0.25, 0.3) is 0 Å². The van der Waals surface area contributed by atoms with Gasteiger partial charge in [-0.15, -0.1) is 0 Å². The van der Waals surface area contributed by atoms with Crippen molar-refractivity contribution in [1.29, 1.82) is 0 Å². The smallest absolute Gasteiger partial charge is 0.0120 e. The van der Waals surface area contributed by atoms with Gasteiger partial charge in [-0.25, -0.2) is 0 Å². The van der Waals surface area contributed by atoms with Crippen LogP contribution in [0.15, 0.2) is 0 Å². The van der Waals surface area contributed by atoms with E-state index in [0.29, 0.717) is 0 Å². The topological polar surface area (TPSA) is 6.48 Å². The first kappa shape index (κ1) is 16.0. The Balaban J connectivity index is 0.000000771. The minimum Gasteiger partial charge on any atom is -0.306 e. The third kappa shape index (κ3) is 4.89. The average Bonchev–Trinajstić information content (AvgIpc) is 2.43. The molecule has 18 heavy (non-hydrogen) atoms. The van der Waals surface area contributed by atoms with Gasteiger partial charge in [0.15, 0.2) is 0 Å². The van der Waals surface area contributed by atoms with E-state index in [-0.39, 0.29) is 0 Å². The highest BCUT2D eigenvalue weighted by Gasteiger charge is 2.26. The lowest BCUT2D eigenvalue weighted by Crippen LogP contribution is -2.46. The van der Waals surface area contributed by atoms with Crippen LogP contribution in [0.1, 0.15) is 59.3 Å². The van der Waals surface area contributed by atoms with E-state index in [2.05, 4.69) is 23.8 Å². The number of hydrogen-bond acceptors (Lipinski definition) is 2. The molecule has 2 nitrogen and oxygen atoms in total. The number of rotatable bonds is 3. The fourth-order valence-electron chi connectivity index (χ4n) is 3.38. The van der Waals surface area contributed by atoms with Gasteiger partial charge in [0, 0.05) is 6.04 Å². The van der Waals surface area contributed by atoms with Gasteiger partial charge >= 0.3 is 0 Å². The van der Waals surface area contributed by atoms with E-state index < -0.39 is 0 Å². The van der Waals surface area contributed by atoms with Gasteiger partial charge in [-0.1, -0.05) is 33.6 Å². The van der Waals surface area contributed by atoms with Crippen molar-refractivity contribution in [1.82, 2.24) is 9.80 Å². The van der Waals surface area contributed by atoms with Gasteiger partial charge in [0.25, 0.3) is 0 Å². The minimum atomic E-state index is 0.902.